The van der Waals surface area contributed by atoms with E-state index in [1.165, 1.54) is 4.57 Å². The standard InChI is InChI=1S/C15H18N2O4/c1-4-11-9-17(15(19)16-14(11)18)8-10-5-6-12(20-2)13(7-10)21-3/h5-7,9H,4,8H2,1-3H3,(H,16,18,19). The number of nitrogens with zero attached hydrogens (tertiary/aromatic N) is 1. The number of benzene rings is 1. The zero-order valence-corrected chi connectivity index (χ0v) is 12.3. The third-order valence-electron chi connectivity index (χ3n) is 3.27. The average Bonchev–Trinajstić information content (AvgIpc) is 2.49. The van der Waals surface area contributed by atoms with Crippen molar-refractivity contribution in [2.24, 2.45) is 0 Å². The van der Waals surface area contributed by atoms with Gasteiger partial charge in [-0.05, 0) is 24.1 Å². The Balaban J connectivity index is 2.38. The van der Waals surface area contributed by atoms with Gasteiger partial charge in [-0.25, -0.2) is 4.79 Å². The first-order chi connectivity index (χ1) is 10.1. The highest BCUT2D eigenvalue weighted by Gasteiger charge is 2.07. The van der Waals surface area contributed by atoms with Crippen molar-refractivity contribution in [2.75, 3.05) is 14.2 Å². The van der Waals surface area contributed by atoms with Crippen molar-refractivity contribution < 1.29 is 9.47 Å². The summed E-state index contributed by atoms with van der Waals surface area (Å²) in [7, 11) is 3.13. The van der Waals surface area contributed by atoms with E-state index in [0.29, 0.717) is 30.0 Å². The number of H-pyrrole nitrogens is 1. The van der Waals surface area contributed by atoms with E-state index in [4.69, 9.17) is 9.47 Å². The molecule has 2 rings (SSSR count). The lowest BCUT2D eigenvalue weighted by molar-refractivity contribution is 0.354. The minimum Gasteiger partial charge on any atom is -0.493 e. The van der Waals surface area contributed by atoms with Crippen LogP contribution in [0.3, 0.4) is 0 Å². The van der Waals surface area contributed by atoms with Gasteiger partial charge >= 0.3 is 5.69 Å². The van der Waals surface area contributed by atoms with Crippen molar-refractivity contribution in [1.82, 2.24) is 9.55 Å². The van der Waals surface area contributed by atoms with Crippen LogP contribution >= 0.6 is 0 Å². The molecule has 1 heterocycles. The normalized spacial score (nSPS) is 10.4. The highest BCUT2D eigenvalue weighted by Crippen LogP contribution is 2.27. The molecule has 0 aliphatic rings. The number of aromatic nitrogens is 2. The molecule has 0 saturated heterocycles. The summed E-state index contributed by atoms with van der Waals surface area (Å²) >= 11 is 0. The number of rotatable bonds is 5. The number of ether oxygens (including phenoxy) is 2. The Morgan fingerprint density at radius 2 is 1.86 bits per heavy atom. The SMILES string of the molecule is CCc1cn(Cc2ccc(OC)c(OC)c2)c(=O)[nH]c1=O. The predicted octanol–water partition coefficient (Wildman–Crippen LogP) is 1.16. The molecule has 6 nitrogen and oxygen atoms in total. The number of methoxy groups -OCH3 is 2. The average molecular weight is 290 g/mol. The highest BCUT2D eigenvalue weighted by atomic mass is 16.5. The van der Waals surface area contributed by atoms with Crippen molar-refractivity contribution in [2.45, 2.75) is 19.9 Å². The van der Waals surface area contributed by atoms with E-state index >= 15 is 0 Å². The monoisotopic (exact) mass is 290 g/mol. The van der Waals surface area contributed by atoms with Gasteiger partial charge in [-0.2, -0.15) is 0 Å². The van der Waals surface area contributed by atoms with Crippen LogP contribution in [0.25, 0.3) is 0 Å². The first-order valence-electron chi connectivity index (χ1n) is 6.62. The maximum Gasteiger partial charge on any atom is 0.328 e. The maximum atomic E-state index is 11.8. The molecule has 21 heavy (non-hydrogen) atoms. The molecule has 1 N–H and O–H groups in total. The lowest BCUT2D eigenvalue weighted by Gasteiger charge is -2.11. The van der Waals surface area contributed by atoms with Gasteiger partial charge in [-0.3, -0.25) is 14.3 Å². The Kier molecular flexibility index (Phi) is 4.47. The van der Waals surface area contributed by atoms with Crippen molar-refractivity contribution >= 4 is 0 Å². The molecule has 112 valence electrons. The minimum atomic E-state index is -0.424. The highest BCUT2D eigenvalue weighted by molar-refractivity contribution is 5.42. The summed E-state index contributed by atoms with van der Waals surface area (Å²) in [5.41, 5.74) is 0.706. The van der Waals surface area contributed by atoms with Crippen LogP contribution < -0.4 is 20.7 Å². The topological polar surface area (TPSA) is 73.3 Å². The molecule has 0 saturated carbocycles. The number of hydrogen-bond acceptors (Lipinski definition) is 4. The van der Waals surface area contributed by atoms with E-state index in [-0.39, 0.29) is 5.56 Å². The minimum absolute atomic E-state index is 0.328. The predicted molar refractivity (Wildman–Crippen MR) is 79.3 cm³/mol. The van der Waals surface area contributed by atoms with Gasteiger partial charge < -0.3 is 9.47 Å². The summed E-state index contributed by atoms with van der Waals surface area (Å²) in [5, 5.41) is 0. The number of hydrogen-bond donors (Lipinski definition) is 1. The fourth-order valence-electron chi connectivity index (χ4n) is 2.10. The summed E-state index contributed by atoms with van der Waals surface area (Å²) in [5.74, 6) is 1.23. The van der Waals surface area contributed by atoms with Gasteiger partial charge in [-0.1, -0.05) is 13.0 Å². The van der Waals surface area contributed by atoms with E-state index in [2.05, 4.69) is 4.98 Å². The van der Waals surface area contributed by atoms with Gasteiger partial charge in [0.05, 0.1) is 20.8 Å². The van der Waals surface area contributed by atoms with Crippen molar-refractivity contribution in [3.63, 3.8) is 0 Å². The Bertz CT molecular complexity index is 746. The van der Waals surface area contributed by atoms with Gasteiger partial charge in [0.1, 0.15) is 0 Å². The fourth-order valence-corrected chi connectivity index (χ4v) is 2.10. The molecule has 2 aromatic rings. The zero-order valence-electron chi connectivity index (χ0n) is 12.3. The van der Waals surface area contributed by atoms with E-state index in [1.807, 2.05) is 19.1 Å². The molecule has 0 unspecified atom stereocenters. The molecule has 0 fully saturated rings. The van der Waals surface area contributed by atoms with Crippen LogP contribution in [0.1, 0.15) is 18.1 Å². The summed E-state index contributed by atoms with van der Waals surface area (Å²) in [6.07, 6.45) is 2.17. The summed E-state index contributed by atoms with van der Waals surface area (Å²) in [6.45, 7) is 2.22. The van der Waals surface area contributed by atoms with Gasteiger partial charge in [-0.15, -0.1) is 0 Å². The van der Waals surface area contributed by atoms with Crippen LogP contribution in [-0.4, -0.2) is 23.8 Å². The Hall–Kier alpha value is -2.50. The summed E-state index contributed by atoms with van der Waals surface area (Å²) in [6, 6.07) is 5.44. The fraction of sp³-hybridized carbons (Fsp3) is 0.333. The van der Waals surface area contributed by atoms with Crippen LogP contribution in [0.4, 0.5) is 0 Å². The molecule has 0 aliphatic carbocycles. The Labute approximate surface area is 122 Å². The van der Waals surface area contributed by atoms with E-state index < -0.39 is 5.69 Å². The van der Waals surface area contributed by atoms with Crippen molar-refractivity contribution in [3.05, 3.63) is 56.4 Å². The van der Waals surface area contributed by atoms with E-state index in [9.17, 15) is 9.59 Å². The first kappa shape index (κ1) is 14.9. The van der Waals surface area contributed by atoms with Gasteiger partial charge in [0.2, 0.25) is 0 Å². The molecule has 0 atom stereocenters. The second-order valence-electron chi connectivity index (χ2n) is 4.58. The number of aromatic amines is 1. The second kappa shape index (κ2) is 6.30. The van der Waals surface area contributed by atoms with Crippen molar-refractivity contribution in [1.29, 1.82) is 0 Å². The third kappa shape index (κ3) is 3.16. The second-order valence-corrected chi connectivity index (χ2v) is 4.58. The maximum absolute atomic E-state index is 11.8. The quantitative estimate of drug-likeness (QED) is 0.897. The number of aryl methyl sites for hydroxylation is 1. The molecule has 1 aromatic heterocycles. The van der Waals surface area contributed by atoms with Crippen LogP contribution in [0, 0.1) is 0 Å². The van der Waals surface area contributed by atoms with Crippen LogP contribution in [0.5, 0.6) is 11.5 Å². The first-order valence-corrected chi connectivity index (χ1v) is 6.62. The molecule has 0 amide bonds. The summed E-state index contributed by atoms with van der Waals surface area (Å²) < 4.78 is 11.9. The smallest absolute Gasteiger partial charge is 0.328 e. The van der Waals surface area contributed by atoms with E-state index in [1.54, 1.807) is 26.5 Å². The molecule has 0 spiro atoms. The Morgan fingerprint density at radius 3 is 2.48 bits per heavy atom. The van der Waals surface area contributed by atoms with Crippen molar-refractivity contribution in [3.8, 4) is 11.5 Å². The van der Waals surface area contributed by atoms with Crippen LogP contribution in [0.15, 0.2) is 34.0 Å². The molecule has 0 radical (unpaired) electrons. The van der Waals surface area contributed by atoms with E-state index in [0.717, 1.165) is 5.56 Å². The molecule has 6 heteroatoms. The lowest BCUT2D eigenvalue weighted by atomic mass is 10.2. The molecule has 0 bridgehead atoms. The largest absolute Gasteiger partial charge is 0.493 e. The lowest BCUT2D eigenvalue weighted by Crippen LogP contribution is -2.31. The number of nitrogens with one attached hydrogen (secondary N) is 1. The summed E-state index contributed by atoms with van der Waals surface area (Å²) in [4.78, 5) is 25.7. The van der Waals surface area contributed by atoms with Crippen LogP contribution in [0.2, 0.25) is 0 Å². The zero-order chi connectivity index (χ0) is 15.4. The third-order valence-corrected chi connectivity index (χ3v) is 3.27. The van der Waals surface area contributed by atoms with Gasteiger partial charge in [0, 0.05) is 11.8 Å². The van der Waals surface area contributed by atoms with Crippen LogP contribution in [-0.2, 0) is 13.0 Å². The van der Waals surface area contributed by atoms with Gasteiger partial charge in [0.15, 0.2) is 11.5 Å². The molecule has 1 aromatic carbocycles. The molecular formula is C15H18N2O4. The molecular weight excluding hydrogens is 272 g/mol. The Morgan fingerprint density at radius 1 is 1.14 bits per heavy atom. The molecule has 0 aliphatic heterocycles. The van der Waals surface area contributed by atoms with Gasteiger partial charge in [0.25, 0.3) is 5.56 Å².